The second kappa shape index (κ2) is 4.36. The third-order valence-electron chi connectivity index (χ3n) is 2.44. The lowest BCUT2D eigenvalue weighted by molar-refractivity contribution is -0.119. The highest BCUT2D eigenvalue weighted by Crippen LogP contribution is 2.10. The molecule has 1 aliphatic rings. The molecule has 6 nitrogen and oxygen atoms in total. The summed E-state index contributed by atoms with van der Waals surface area (Å²) < 4.78 is 12.9. The zero-order valence-corrected chi connectivity index (χ0v) is 8.87. The molecule has 2 rings (SSSR count). The van der Waals surface area contributed by atoms with E-state index in [-0.39, 0.29) is 29.8 Å². The molecule has 1 unspecified atom stereocenters. The lowest BCUT2D eigenvalue weighted by atomic mass is 10.2. The SMILES string of the molecule is Nc1ncc(F)cc1C(=O)NC1CNC(=O)C1. The minimum Gasteiger partial charge on any atom is -0.383 e. The van der Waals surface area contributed by atoms with Crippen LogP contribution in [0.2, 0.25) is 0 Å². The van der Waals surface area contributed by atoms with Gasteiger partial charge in [0.05, 0.1) is 17.8 Å². The smallest absolute Gasteiger partial charge is 0.255 e. The minimum atomic E-state index is -0.634. The monoisotopic (exact) mass is 238 g/mol. The van der Waals surface area contributed by atoms with E-state index in [2.05, 4.69) is 15.6 Å². The van der Waals surface area contributed by atoms with Gasteiger partial charge in [0.2, 0.25) is 5.91 Å². The number of nitrogen functional groups attached to an aromatic ring is 1. The Balaban J connectivity index is 2.09. The number of pyridine rings is 1. The Kier molecular flexibility index (Phi) is 2.90. The molecule has 1 aliphatic heterocycles. The van der Waals surface area contributed by atoms with Gasteiger partial charge in [0.1, 0.15) is 11.6 Å². The number of nitrogens with one attached hydrogen (secondary N) is 2. The van der Waals surface area contributed by atoms with Gasteiger partial charge in [0.25, 0.3) is 5.91 Å². The number of hydrogen-bond acceptors (Lipinski definition) is 4. The second-order valence-electron chi connectivity index (χ2n) is 3.76. The van der Waals surface area contributed by atoms with E-state index in [1.807, 2.05) is 0 Å². The molecule has 0 saturated carbocycles. The number of amides is 2. The van der Waals surface area contributed by atoms with Crippen LogP contribution < -0.4 is 16.4 Å². The van der Waals surface area contributed by atoms with E-state index < -0.39 is 11.7 Å². The van der Waals surface area contributed by atoms with Crippen LogP contribution in [-0.2, 0) is 4.79 Å². The predicted octanol–water partition coefficient (Wildman–Crippen LogP) is -0.579. The van der Waals surface area contributed by atoms with Gasteiger partial charge in [0, 0.05) is 13.0 Å². The van der Waals surface area contributed by atoms with Gasteiger partial charge in [-0.2, -0.15) is 0 Å². The molecule has 1 fully saturated rings. The lowest BCUT2D eigenvalue weighted by Crippen LogP contribution is -2.36. The first kappa shape index (κ1) is 11.3. The van der Waals surface area contributed by atoms with Gasteiger partial charge in [-0.25, -0.2) is 9.37 Å². The first-order valence-electron chi connectivity index (χ1n) is 5.05. The van der Waals surface area contributed by atoms with Crippen LogP contribution in [0.1, 0.15) is 16.8 Å². The Labute approximate surface area is 96.4 Å². The van der Waals surface area contributed by atoms with E-state index in [4.69, 9.17) is 5.73 Å². The van der Waals surface area contributed by atoms with Crippen molar-refractivity contribution < 1.29 is 14.0 Å². The number of nitrogens with zero attached hydrogens (tertiary/aromatic N) is 1. The third kappa shape index (κ3) is 2.49. The summed E-state index contributed by atoms with van der Waals surface area (Å²) in [6.07, 6.45) is 1.15. The van der Waals surface area contributed by atoms with Gasteiger partial charge in [0.15, 0.2) is 0 Å². The summed E-state index contributed by atoms with van der Waals surface area (Å²) in [5, 5.41) is 5.16. The average molecular weight is 238 g/mol. The van der Waals surface area contributed by atoms with Gasteiger partial charge in [-0.3, -0.25) is 9.59 Å². The molecule has 0 radical (unpaired) electrons. The fraction of sp³-hybridized carbons (Fsp3) is 0.300. The first-order valence-corrected chi connectivity index (χ1v) is 5.05. The van der Waals surface area contributed by atoms with E-state index in [9.17, 15) is 14.0 Å². The van der Waals surface area contributed by atoms with Gasteiger partial charge < -0.3 is 16.4 Å². The number of hydrogen-bond donors (Lipinski definition) is 3. The standard InChI is InChI=1S/C10H11FN4O2/c11-5-1-7(9(12)14-3-5)10(17)15-6-2-8(16)13-4-6/h1,3,6H,2,4H2,(H2,12,14)(H,13,16)(H,15,17). The molecule has 1 atom stereocenters. The van der Waals surface area contributed by atoms with Crippen molar-refractivity contribution in [2.45, 2.75) is 12.5 Å². The van der Waals surface area contributed by atoms with Crippen LogP contribution in [0.25, 0.3) is 0 Å². The van der Waals surface area contributed by atoms with E-state index in [0.717, 1.165) is 12.3 Å². The highest BCUT2D eigenvalue weighted by atomic mass is 19.1. The molecule has 0 aromatic carbocycles. The van der Waals surface area contributed by atoms with Crippen molar-refractivity contribution in [3.8, 4) is 0 Å². The van der Waals surface area contributed by atoms with E-state index in [1.54, 1.807) is 0 Å². The molecule has 90 valence electrons. The Morgan fingerprint density at radius 2 is 2.41 bits per heavy atom. The summed E-state index contributed by atoms with van der Waals surface area (Å²) in [5.41, 5.74) is 5.45. The van der Waals surface area contributed by atoms with Crippen LogP contribution in [0, 0.1) is 5.82 Å². The maximum absolute atomic E-state index is 12.9. The summed E-state index contributed by atoms with van der Waals surface area (Å²) in [6, 6.07) is 0.722. The molecular weight excluding hydrogens is 227 g/mol. The van der Waals surface area contributed by atoms with Crippen molar-refractivity contribution in [2.24, 2.45) is 0 Å². The van der Waals surface area contributed by atoms with Crippen molar-refractivity contribution >= 4 is 17.6 Å². The summed E-state index contributed by atoms with van der Waals surface area (Å²) in [6.45, 7) is 0.368. The Morgan fingerprint density at radius 1 is 1.65 bits per heavy atom. The number of carbonyl (C=O) groups excluding carboxylic acids is 2. The predicted molar refractivity (Wildman–Crippen MR) is 57.5 cm³/mol. The van der Waals surface area contributed by atoms with Crippen LogP contribution in [0.15, 0.2) is 12.3 Å². The fourth-order valence-corrected chi connectivity index (χ4v) is 1.60. The summed E-state index contributed by atoms with van der Waals surface area (Å²) in [7, 11) is 0. The summed E-state index contributed by atoms with van der Waals surface area (Å²) >= 11 is 0. The van der Waals surface area contributed by atoms with Gasteiger partial charge in [-0.05, 0) is 6.07 Å². The quantitative estimate of drug-likeness (QED) is 0.642. The van der Waals surface area contributed by atoms with E-state index >= 15 is 0 Å². The first-order chi connectivity index (χ1) is 8.06. The van der Waals surface area contributed by atoms with Gasteiger partial charge in [-0.15, -0.1) is 0 Å². The topological polar surface area (TPSA) is 97.1 Å². The summed E-state index contributed by atoms with van der Waals surface area (Å²) in [5.74, 6) is -1.33. The van der Waals surface area contributed by atoms with Crippen molar-refractivity contribution in [1.29, 1.82) is 0 Å². The highest BCUT2D eigenvalue weighted by Gasteiger charge is 2.24. The summed E-state index contributed by atoms with van der Waals surface area (Å²) in [4.78, 5) is 26.2. The number of anilines is 1. The second-order valence-corrected chi connectivity index (χ2v) is 3.76. The zero-order valence-electron chi connectivity index (χ0n) is 8.87. The molecular formula is C10H11FN4O2. The molecule has 17 heavy (non-hydrogen) atoms. The van der Waals surface area contributed by atoms with E-state index in [1.165, 1.54) is 0 Å². The fourth-order valence-electron chi connectivity index (χ4n) is 1.60. The van der Waals surface area contributed by atoms with Gasteiger partial charge in [-0.1, -0.05) is 0 Å². The Bertz CT molecular complexity index is 477. The molecule has 1 aromatic heterocycles. The third-order valence-corrected chi connectivity index (χ3v) is 2.44. The molecule has 1 saturated heterocycles. The van der Waals surface area contributed by atoms with Crippen LogP contribution in [0.5, 0.6) is 0 Å². The number of halogens is 1. The molecule has 0 bridgehead atoms. The maximum Gasteiger partial charge on any atom is 0.255 e. The molecule has 0 spiro atoms. The van der Waals surface area contributed by atoms with Gasteiger partial charge >= 0.3 is 0 Å². The molecule has 7 heteroatoms. The lowest BCUT2D eigenvalue weighted by Gasteiger charge is -2.11. The van der Waals surface area contributed by atoms with Crippen LogP contribution >= 0.6 is 0 Å². The number of aromatic nitrogens is 1. The molecule has 0 aliphatic carbocycles. The Hall–Kier alpha value is -2.18. The average Bonchev–Trinajstić information content (AvgIpc) is 2.67. The zero-order chi connectivity index (χ0) is 12.4. The molecule has 2 amide bonds. The number of rotatable bonds is 2. The van der Waals surface area contributed by atoms with Crippen LogP contribution in [-0.4, -0.2) is 29.4 Å². The molecule has 4 N–H and O–H groups in total. The van der Waals surface area contributed by atoms with Crippen LogP contribution in [0.3, 0.4) is 0 Å². The maximum atomic E-state index is 12.9. The van der Waals surface area contributed by atoms with Crippen molar-refractivity contribution in [3.05, 3.63) is 23.6 Å². The van der Waals surface area contributed by atoms with Crippen molar-refractivity contribution in [3.63, 3.8) is 0 Å². The van der Waals surface area contributed by atoms with E-state index in [0.29, 0.717) is 6.54 Å². The molecule has 1 aromatic rings. The van der Waals surface area contributed by atoms with Crippen molar-refractivity contribution in [1.82, 2.24) is 15.6 Å². The number of carbonyl (C=O) groups is 2. The highest BCUT2D eigenvalue weighted by molar-refractivity contribution is 5.98. The Morgan fingerprint density at radius 3 is 3.06 bits per heavy atom. The van der Waals surface area contributed by atoms with Crippen molar-refractivity contribution in [2.75, 3.05) is 12.3 Å². The largest absolute Gasteiger partial charge is 0.383 e. The normalized spacial score (nSPS) is 18.9. The molecule has 2 heterocycles. The van der Waals surface area contributed by atoms with Crippen LogP contribution in [0.4, 0.5) is 10.2 Å². The number of nitrogens with two attached hydrogens (primary N) is 1. The minimum absolute atomic E-state index is 0.0238.